The lowest BCUT2D eigenvalue weighted by atomic mass is 9.82. The molecule has 28 heavy (non-hydrogen) atoms. The molecule has 1 heterocycles. The smallest absolute Gasteiger partial charge is 0.134 e. The van der Waals surface area contributed by atoms with E-state index >= 15 is 0 Å². The highest BCUT2D eigenvalue weighted by Crippen LogP contribution is 2.47. The lowest BCUT2D eigenvalue weighted by Crippen LogP contribution is -2.06. The van der Waals surface area contributed by atoms with Gasteiger partial charge in [0.05, 0.1) is 6.26 Å². The van der Waals surface area contributed by atoms with E-state index < -0.39 is 0 Å². The summed E-state index contributed by atoms with van der Waals surface area (Å²) in [5.41, 5.74) is 5.29. The zero-order valence-corrected chi connectivity index (χ0v) is 17.1. The Kier molecular flexibility index (Phi) is 6.91. The van der Waals surface area contributed by atoms with Crippen LogP contribution in [0.3, 0.4) is 0 Å². The number of allylic oxidation sites excluding steroid dienone is 2. The SMILES string of the molecule is C=COc1cc(CCCCC)c(-c2ccncc2)c(O)c1[C@@H]1C=C(C)CCC1. The quantitative estimate of drug-likeness (QED) is 0.308. The Morgan fingerprint density at radius 2 is 2.07 bits per heavy atom. The summed E-state index contributed by atoms with van der Waals surface area (Å²) in [6.45, 7) is 8.11. The first kappa shape index (κ1) is 20.2. The summed E-state index contributed by atoms with van der Waals surface area (Å²) < 4.78 is 5.81. The fraction of sp³-hybridized carbons (Fsp3) is 0.400. The van der Waals surface area contributed by atoms with Crippen molar-refractivity contribution in [3.8, 4) is 22.6 Å². The Bertz CT molecular complexity index is 839. The number of aryl methyl sites for hydroxylation is 1. The molecule has 0 fully saturated rings. The Labute approximate surface area is 168 Å². The molecule has 0 bridgehead atoms. The maximum absolute atomic E-state index is 11.5. The first-order chi connectivity index (χ1) is 13.7. The van der Waals surface area contributed by atoms with E-state index in [9.17, 15) is 5.11 Å². The number of hydrogen-bond donors (Lipinski definition) is 1. The molecule has 1 N–H and O–H groups in total. The van der Waals surface area contributed by atoms with Crippen LogP contribution in [0.1, 0.15) is 69.4 Å². The molecule has 3 nitrogen and oxygen atoms in total. The first-order valence-electron chi connectivity index (χ1n) is 10.4. The number of unbranched alkanes of at least 4 members (excludes halogenated alkanes) is 2. The van der Waals surface area contributed by atoms with Gasteiger partial charge in [0.15, 0.2) is 0 Å². The van der Waals surface area contributed by atoms with Crippen molar-refractivity contribution in [2.24, 2.45) is 0 Å². The molecule has 0 saturated carbocycles. The Hall–Kier alpha value is -2.55. The van der Waals surface area contributed by atoms with Crippen molar-refractivity contribution >= 4 is 0 Å². The fourth-order valence-electron chi connectivity index (χ4n) is 4.20. The highest BCUT2D eigenvalue weighted by Gasteiger charge is 2.26. The molecule has 0 radical (unpaired) electrons. The summed E-state index contributed by atoms with van der Waals surface area (Å²) in [4.78, 5) is 4.15. The highest BCUT2D eigenvalue weighted by molar-refractivity contribution is 5.78. The standard InChI is InChI=1S/C25H31NO2/c1-4-6-7-10-21-17-22(28-5-2)24(20-11-8-9-18(3)16-20)25(27)23(21)19-12-14-26-15-13-19/h5,12-17,20,27H,2,4,6-11H2,1,3H3/t20-/m0/s1. The molecule has 1 aromatic heterocycles. The number of aromatic nitrogens is 1. The second kappa shape index (κ2) is 9.59. The average molecular weight is 378 g/mol. The predicted octanol–water partition coefficient (Wildman–Crippen LogP) is 6.92. The van der Waals surface area contributed by atoms with Gasteiger partial charge >= 0.3 is 0 Å². The Morgan fingerprint density at radius 1 is 1.29 bits per heavy atom. The van der Waals surface area contributed by atoms with Crippen molar-refractivity contribution in [1.82, 2.24) is 4.98 Å². The van der Waals surface area contributed by atoms with Crippen LogP contribution in [-0.2, 0) is 6.42 Å². The lowest BCUT2D eigenvalue weighted by molar-refractivity contribution is 0.434. The zero-order valence-electron chi connectivity index (χ0n) is 17.1. The normalized spacial score (nSPS) is 16.5. The van der Waals surface area contributed by atoms with E-state index in [2.05, 4.69) is 37.6 Å². The van der Waals surface area contributed by atoms with Gasteiger partial charge in [-0.15, -0.1) is 0 Å². The molecule has 0 amide bonds. The highest BCUT2D eigenvalue weighted by atomic mass is 16.5. The van der Waals surface area contributed by atoms with Crippen LogP contribution in [0.25, 0.3) is 11.1 Å². The van der Waals surface area contributed by atoms with Crippen LogP contribution in [0.5, 0.6) is 11.5 Å². The van der Waals surface area contributed by atoms with E-state index in [1.54, 1.807) is 12.4 Å². The molecule has 0 spiro atoms. The van der Waals surface area contributed by atoms with Crippen LogP contribution in [0.4, 0.5) is 0 Å². The summed E-state index contributed by atoms with van der Waals surface area (Å²) in [6.07, 6.45) is 14.9. The zero-order chi connectivity index (χ0) is 19.9. The molecule has 1 aliphatic carbocycles. The first-order valence-corrected chi connectivity index (χ1v) is 10.4. The van der Waals surface area contributed by atoms with Gasteiger partial charge < -0.3 is 9.84 Å². The minimum Gasteiger partial charge on any atom is -0.507 e. The number of ether oxygens (including phenoxy) is 1. The number of hydrogen-bond acceptors (Lipinski definition) is 3. The Morgan fingerprint density at radius 3 is 2.75 bits per heavy atom. The molecule has 1 aliphatic rings. The molecule has 2 aromatic rings. The van der Waals surface area contributed by atoms with Crippen LogP contribution in [0, 0.1) is 0 Å². The number of pyridine rings is 1. The van der Waals surface area contributed by atoms with Gasteiger partial charge in [0.1, 0.15) is 11.5 Å². The van der Waals surface area contributed by atoms with E-state index in [0.29, 0.717) is 5.75 Å². The maximum atomic E-state index is 11.5. The second-order valence-electron chi connectivity index (χ2n) is 7.66. The van der Waals surface area contributed by atoms with Gasteiger partial charge in [-0.1, -0.05) is 38.0 Å². The summed E-state index contributed by atoms with van der Waals surface area (Å²) in [5.74, 6) is 1.23. The van der Waals surface area contributed by atoms with Gasteiger partial charge in [-0.05, 0) is 68.4 Å². The second-order valence-corrected chi connectivity index (χ2v) is 7.66. The summed E-state index contributed by atoms with van der Waals surface area (Å²) in [6, 6.07) is 6.05. The van der Waals surface area contributed by atoms with Crippen LogP contribution >= 0.6 is 0 Å². The molecular formula is C25H31NO2. The largest absolute Gasteiger partial charge is 0.507 e. The third-order valence-corrected chi connectivity index (χ3v) is 5.56. The average Bonchev–Trinajstić information content (AvgIpc) is 2.69. The van der Waals surface area contributed by atoms with Crippen molar-refractivity contribution < 1.29 is 9.84 Å². The van der Waals surface area contributed by atoms with Crippen molar-refractivity contribution in [3.05, 3.63) is 66.2 Å². The van der Waals surface area contributed by atoms with Crippen LogP contribution < -0.4 is 4.74 Å². The van der Waals surface area contributed by atoms with E-state index in [1.807, 2.05) is 12.1 Å². The van der Waals surface area contributed by atoms with E-state index in [4.69, 9.17) is 4.74 Å². The molecule has 3 rings (SSSR count). The summed E-state index contributed by atoms with van der Waals surface area (Å²) >= 11 is 0. The summed E-state index contributed by atoms with van der Waals surface area (Å²) in [5, 5.41) is 11.5. The van der Waals surface area contributed by atoms with Crippen LogP contribution in [-0.4, -0.2) is 10.1 Å². The van der Waals surface area contributed by atoms with Crippen molar-refractivity contribution in [3.63, 3.8) is 0 Å². The van der Waals surface area contributed by atoms with Gasteiger partial charge in [0, 0.05) is 29.4 Å². The predicted molar refractivity (Wildman–Crippen MR) is 116 cm³/mol. The third-order valence-electron chi connectivity index (χ3n) is 5.56. The minimum atomic E-state index is 0.161. The third kappa shape index (κ3) is 4.46. The fourth-order valence-corrected chi connectivity index (χ4v) is 4.20. The van der Waals surface area contributed by atoms with Gasteiger partial charge in [-0.2, -0.15) is 0 Å². The van der Waals surface area contributed by atoms with Crippen molar-refractivity contribution in [2.45, 2.75) is 64.7 Å². The molecule has 1 aromatic carbocycles. The Balaban J connectivity index is 2.18. The number of phenolic OH excluding ortho intramolecular Hbond substituents is 1. The van der Waals surface area contributed by atoms with Gasteiger partial charge in [-0.3, -0.25) is 4.98 Å². The van der Waals surface area contributed by atoms with Gasteiger partial charge in [0.2, 0.25) is 0 Å². The molecule has 0 aliphatic heterocycles. The molecule has 0 saturated heterocycles. The van der Waals surface area contributed by atoms with E-state index in [-0.39, 0.29) is 5.92 Å². The molecule has 148 valence electrons. The molecular weight excluding hydrogens is 346 g/mol. The molecule has 0 unspecified atom stereocenters. The van der Waals surface area contributed by atoms with Gasteiger partial charge in [-0.25, -0.2) is 0 Å². The van der Waals surface area contributed by atoms with E-state index in [0.717, 1.165) is 66.5 Å². The monoisotopic (exact) mass is 377 g/mol. The van der Waals surface area contributed by atoms with Gasteiger partial charge in [0.25, 0.3) is 0 Å². The van der Waals surface area contributed by atoms with Crippen molar-refractivity contribution in [2.75, 3.05) is 0 Å². The number of benzene rings is 1. The maximum Gasteiger partial charge on any atom is 0.134 e. The number of phenols is 1. The molecule has 1 atom stereocenters. The molecule has 3 heteroatoms. The summed E-state index contributed by atoms with van der Waals surface area (Å²) in [7, 11) is 0. The van der Waals surface area contributed by atoms with Crippen molar-refractivity contribution in [1.29, 1.82) is 0 Å². The number of nitrogens with zero attached hydrogens (tertiary/aromatic N) is 1. The van der Waals surface area contributed by atoms with Crippen LogP contribution in [0.15, 0.2) is 55.1 Å². The lowest BCUT2D eigenvalue weighted by Gasteiger charge is -2.25. The number of rotatable bonds is 8. The minimum absolute atomic E-state index is 0.161. The topological polar surface area (TPSA) is 42.4 Å². The van der Waals surface area contributed by atoms with E-state index in [1.165, 1.54) is 18.3 Å². The van der Waals surface area contributed by atoms with Crippen LogP contribution in [0.2, 0.25) is 0 Å². The number of aromatic hydroxyl groups is 1.